The van der Waals surface area contributed by atoms with E-state index in [1.807, 2.05) is 30.3 Å². The zero-order chi connectivity index (χ0) is 13.7. The fraction of sp³-hybridized carbons (Fsp3) is 0.143. The van der Waals surface area contributed by atoms with Gasteiger partial charge in [0.25, 0.3) is 0 Å². The molecule has 98 valence electrons. The summed E-state index contributed by atoms with van der Waals surface area (Å²) in [5.74, 6) is 0. The molecule has 5 heteroatoms. The van der Waals surface area contributed by atoms with Crippen LogP contribution >= 0.6 is 23.2 Å². The molecular weight excluding hydrogens is 283 g/mol. The van der Waals surface area contributed by atoms with Crippen LogP contribution in [0.1, 0.15) is 11.1 Å². The van der Waals surface area contributed by atoms with E-state index in [1.165, 1.54) is 7.11 Å². The quantitative estimate of drug-likeness (QED) is 0.486. The van der Waals surface area contributed by atoms with Gasteiger partial charge in [0.2, 0.25) is 0 Å². The first kappa shape index (κ1) is 13.8. The lowest BCUT2D eigenvalue weighted by atomic mass is 10.0. The lowest BCUT2D eigenvalue weighted by Crippen LogP contribution is -2.07. The molecule has 0 saturated heterocycles. The smallest absolute Gasteiger partial charge is 0.134 e. The zero-order valence-corrected chi connectivity index (χ0v) is 11.8. The van der Waals surface area contributed by atoms with Crippen molar-refractivity contribution in [2.45, 2.75) is 6.42 Å². The molecule has 0 atom stereocenters. The van der Waals surface area contributed by atoms with Crippen molar-refractivity contribution in [1.29, 1.82) is 0 Å². The first-order valence-corrected chi connectivity index (χ1v) is 6.42. The highest BCUT2D eigenvalue weighted by molar-refractivity contribution is 6.35. The number of halogens is 2. The van der Waals surface area contributed by atoms with Gasteiger partial charge in [0.05, 0.1) is 5.71 Å². The van der Waals surface area contributed by atoms with Gasteiger partial charge in [-0.1, -0.05) is 58.7 Å². The van der Waals surface area contributed by atoms with Gasteiger partial charge < -0.3 is 4.84 Å². The maximum absolute atomic E-state index is 6.14. The summed E-state index contributed by atoms with van der Waals surface area (Å²) in [6.45, 7) is 0. The van der Waals surface area contributed by atoms with Gasteiger partial charge in [-0.3, -0.25) is 0 Å². The van der Waals surface area contributed by atoms with Gasteiger partial charge in [-0.05, 0) is 11.6 Å². The molecule has 0 amide bonds. The largest absolute Gasteiger partial charge is 0.399 e. The van der Waals surface area contributed by atoms with Gasteiger partial charge in [0.1, 0.15) is 12.3 Å². The number of nitrogens with zero attached hydrogens (tertiary/aromatic N) is 2. The Morgan fingerprint density at radius 3 is 2.58 bits per heavy atom. The topological polar surface area (TPSA) is 34.5 Å². The Balaban J connectivity index is 2.36. The molecule has 3 nitrogen and oxygen atoms in total. The van der Waals surface area contributed by atoms with Crippen LogP contribution in [-0.4, -0.2) is 17.8 Å². The molecule has 1 aromatic carbocycles. The van der Waals surface area contributed by atoms with E-state index in [0.29, 0.717) is 16.6 Å². The summed E-state index contributed by atoms with van der Waals surface area (Å²) in [6, 6.07) is 11.4. The van der Waals surface area contributed by atoms with Crippen molar-refractivity contribution < 1.29 is 4.84 Å². The molecule has 0 fully saturated rings. The molecule has 0 unspecified atom stereocenters. The minimum absolute atomic E-state index is 0.382. The molecule has 1 aromatic heterocycles. The fourth-order valence-electron chi connectivity index (χ4n) is 1.70. The first-order chi connectivity index (χ1) is 9.22. The number of aromatic nitrogens is 1. The fourth-order valence-corrected chi connectivity index (χ4v) is 2.18. The monoisotopic (exact) mass is 294 g/mol. The molecule has 0 bridgehead atoms. The average Bonchev–Trinajstić information content (AvgIpc) is 2.43. The minimum atomic E-state index is 0.382. The second-order valence-corrected chi connectivity index (χ2v) is 4.59. The Hall–Kier alpha value is -1.58. The van der Waals surface area contributed by atoms with Gasteiger partial charge in [-0.2, -0.15) is 0 Å². The Kier molecular flexibility index (Phi) is 4.77. The van der Waals surface area contributed by atoms with Gasteiger partial charge >= 0.3 is 0 Å². The third kappa shape index (κ3) is 3.46. The molecule has 2 aromatic rings. The second kappa shape index (κ2) is 6.55. The predicted molar refractivity (Wildman–Crippen MR) is 77.9 cm³/mol. The van der Waals surface area contributed by atoms with E-state index in [1.54, 1.807) is 12.3 Å². The predicted octanol–water partition coefficient (Wildman–Crippen LogP) is 3.98. The molecule has 0 radical (unpaired) electrons. The molecule has 0 spiro atoms. The maximum atomic E-state index is 6.14. The van der Waals surface area contributed by atoms with E-state index in [9.17, 15) is 0 Å². The molecular formula is C14H12Cl2N2O. The van der Waals surface area contributed by atoms with E-state index < -0.39 is 0 Å². The molecule has 0 aliphatic heterocycles. The number of hydrogen-bond donors (Lipinski definition) is 0. The summed E-state index contributed by atoms with van der Waals surface area (Å²) in [5.41, 5.74) is 2.45. The highest BCUT2D eigenvalue weighted by atomic mass is 35.5. The molecule has 2 rings (SSSR count). The van der Waals surface area contributed by atoms with Crippen LogP contribution in [0.3, 0.4) is 0 Å². The summed E-state index contributed by atoms with van der Waals surface area (Å²) in [7, 11) is 1.51. The van der Waals surface area contributed by atoms with Crippen LogP contribution in [0, 0.1) is 0 Å². The summed E-state index contributed by atoms with van der Waals surface area (Å²) in [5, 5.41) is 4.99. The molecule has 0 aliphatic rings. The van der Waals surface area contributed by atoms with Crippen molar-refractivity contribution in [1.82, 2.24) is 4.98 Å². The maximum Gasteiger partial charge on any atom is 0.134 e. The first-order valence-electron chi connectivity index (χ1n) is 5.66. The molecule has 1 heterocycles. The van der Waals surface area contributed by atoms with Gasteiger partial charge in [0.15, 0.2) is 0 Å². The Morgan fingerprint density at radius 1 is 1.21 bits per heavy atom. The lowest BCUT2D eigenvalue weighted by Gasteiger charge is -2.08. The van der Waals surface area contributed by atoms with Crippen LogP contribution in [0.25, 0.3) is 0 Å². The van der Waals surface area contributed by atoms with E-state index in [2.05, 4.69) is 10.1 Å². The van der Waals surface area contributed by atoms with Crippen LogP contribution in [-0.2, 0) is 11.3 Å². The minimum Gasteiger partial charge on any atom is -0.399 e. The number of pyridine rings is 1. The van der Waals surface area contributed by atoms with Crippen LogP contribution in [0.15, 0.2) is 47.8 Å². The third-order valence-electron chi connectivity index (χ3n) is 2.60. The number of benzene rings is 1. The van der Waals surface area contributed by atoms with Crippen molar-refractivity contribution in [2.75, 3.05) is 7.11 Å². The Bertz CT molecular complexity index is 565. The Labute approximate surface area is 121 Å². The van der Waals surface area contributed by atoms with Crippen molar-refractivity contribution in [3.05, 3.63) is 63.9 Å². The number of oxime groups is 1. The van der Waals surface area contributed by atoms with Gasteiger partial charge in [-0.15, -0.1) is 0 Å². The summed E-state index contributed by atoms with van der Waals surface area (Å²) < 4.78 is 0. The van der Waals surface area contributed by atoms with Gasteiger partial charge in [-0.25, -0.2) is 4.98 Å². The molecule has 0 saturated carbocycles. The van der Waals surface area contributed by atoms with E-state index in [-0.39, 0.29) is 0 Å². The highest BCUT2D eigenvalue weighted by Gasteiger charge is 2.12. The van der Waals surface area contributed by atoms with Crippen LogP contribution in [0.2, 0.25) is 10.2 Å². The number of hydrogen-bond acceptors (Lipinski definition) is 3. The summed E-state index contributed by atoms with van der Waals surface area (Å²) in [4.78, 5) is 8.92. The summed E-state index contributed by atoms with van der Waals surface area (Å²) in [6.07, 6.45) is 2.03. The van der Waals surface area contributed by atoms with Crippen LogP contribution in [0.4, 0.5) is 0 Å². The molecule has 19 heavy (non-hydrogen) atoms. The van der Waals surface area contributed by atoms with E-state index in [4.69, 9.17) is 28.0 Å². The van der Waals surface area contributed by atoms with Gasteiger partial charge in [0, 0.05) is 23.2 Å². The SMILES string of the molecule is CO/N=C(\Cc1c(Cl)ccnc1Cl)c1ccccc1. The van der Waals surface area contributed by atoms with Crippen LogP contribution < -0.4 is 0 Å². The average molecular weight is 295 g/mol. The highest BCUT2D eigenvalue weighted by Crippen LogP contribution is 2.24. The number of rotatable bonds is 4. The molecule has 0 N–H and O–H groups in total. The molecule has 0 aliphatic carbocycles. The van der Waals surface area contributed by atoms with E-state index in [0.717, 1.165) is 16.8 Å². The zero-order valence-electron chi connectivity index (χ0n) is 10.3. The van der Waals surface area contributed by atoms with E-state index >= 15 is 0 Å². The third-order valence-corrected chi connectivity index (χ3v) is 3.28. The van der Waals surface area contributed by atoms with Crippen molar-refractivity contribution in [2.24, 2.45) is 5.16 Å². The normalized spacial score (nSPS) is 11.4. The Morgan fingerprint density at radius 2 is 1.95 bits per heavy atom. The lowest BCUT2D eigenvalue weighted by molar-refractivity contribution is 0.213. The summed E-state index contributed by atoms with van der Waals surface area (Å²) >= 11 is 12.2. The van der Waals surface area contributed by atoms with Crippen molar-refractivity contribution in [3.63, 3.8) is 0 Å². The standard InChI is InChI=1S/C14H12Cl2N2O/c1-19-18-13(10-5-3-2-4-6-10)9-11-12(15)7-8-17-14(11)16/h2-8H,9H2,1H3/b18-13+. The van der Waals surface area contributed by atoms with Crippen LogP contribution in [0.5, 0.6) is 0 Å². The van der Waals surface area contributed by atoms with Crippen molar-refractivity contribution in [3.8, 4) is 0 Å². The van der Waals surface area contributed by atoms with Crippen molar-refractivity contribution >= 4 is 28.9 Å². The second-order valence-electron chi connectivity index (χ2n) is 3.83.